The Balaban J connectivity index is 4.03. The number of rotatable bonds is 53. The summed E-state index contributed by atoms with van der Waals surface area (Å²) in [5.41, 5.74) is 0. The maximum absolute atomic E-state index is 12.8. The molecule has 1 atom stereocenters. The van der Waals surface area contributed by atoms with Crippen LogP contribution in [0.25, 0.3) is 0 Å². The van der Waals surface area contributed by atoms with Gasteiger partial charge in [-0.05, 0) is 19.3 Å². The third-order valence-corrected chi connectivity index (χ3v) is 13.1. The topological polar surface area (TPSA) is 78.9 Å². The van der Waals surface area contributed by atoms with Crippen LogP contribution >= 0.6 is 0 Å². The smallest absolute Gasteiger partial charge is 0.306 e. The van der Waals surface area contributed by atoms with Crippen molar-refractivity contribution < 1.29 is 28.6 Å². The Bertz CT molecular complexity index is 936. The standard InChI is InChI=1S/C57H110O6/c1-4-7-10-13-15-17-19-21-23-25-27-29-31-33-35-37-39-41-44-47-50-56(59)62-53-54(52-61-55(58)49-46-43-12-9-6-3)63-57(60)51-48-45-42-40-38-36-34-32-30-28-26-24-22-20-18-16-14-11-8-5-2/h54H,4-53H2,1-3H3. The van der Waals surface area contributed by atoms with Crippen LogP contribution in [0.1, 0.15) is 329 Å². The van der Waals surface area contributed by atoms with Gasteiger partial charge in [0.05, 0.1) is 0 Å². The molecule has 0 heterocycles. The first kappa shape index (κ1) is 61.4. The molecule has 6 heteroatoms. The largest absolute Gasteiger partial charge is 0.462 e. The molecule has 0 saturated heterocycles. The van der Waals surface area contributed by atoms with Crippen LogP contribution < -0.4 is 0 Å². The molecule has 0 spiro atoms. The van der Waals surface area contributed by atoms with Crippen LogP contribution in [-0.4, -0.2) is 37.2 Å². The lowest BCUT2D eigenvalue weighted by molar-refractivity contribution is -0.167. The molecule has 0 radical (unpaired) electrons. The van der Waals surface area contributed by atoms with Gasteiger partial charge in [0.15, 0.2) is 6.10 Å². The molecule has 63 heavy (non-hydrogen) atoms. The van der Waals surface area contributed by atoms with E-state index in [1.54, 1.807) is 0 Å². The van der Waals surface area contributed by atoms with Gasteiger partial charge in [-0.2, -0.15) is 0 Å². The number of ether oxygens (including phenoxy) is 3. The summed E-state index contributed by atoms with van der Waals surface area (Å²) >= 11 is 0. The van der Waals surface area contributed by atoms with Gasteiger partial charge in [-0.1, -0.05) is 290 Å². The predicted octanol–water partition coefficient (Wildman–Crippen LogP) is 18.8. The highest BCUT2D eigenvalue weighted by atomic mass is 16.6. The summed E-state index contributed by atoms with van der Waals surface area (Å²) in [6, 6.07) is 0. The van der Waals surface area contributed by atoms with E-state index >= 15 is 0 Å². The second-order valence-corrected chi connectivity index (χ2v) is 19.6. The quantitative estimate of drug-likeness (QED) is 0.0344. The van der Waals surface area contributed by atoms with Gasteiger partial charge in [0.2, 0.25) is 0 Å². The molecule has 0 N–H and O–H groups in total. The molecule has 0 rings (SSSR count). The fraction of sp³-hybridized carbons (Fsp3) is 0.947. The fourth-order valence-electron chi connectivity index (χ4n) is 8.80. The molecule has 0 aliphatic heterocycles. The van der Waals surface area contributed by atoms with Crippen molar-refractivity contribution in [2.45, 2.75) is 335 Å². The lowest BCUT2D eigenvalue weighted by atomic mass is 10.0. The number of esters is 3. The van der Waals surface area contributed by atoms with Crippen LogP contribution in [0.2, 0.25) is 0 Å². The first-order chi connectivity index (χ1) is 31.0. The van der Waals surface area contributed by atoms with Crippen molar-refractivity contribution in [3.63, 3.8) is 0 Å². The van der Waals surface area contributed by atoms with Crippen molar-refractivity contribution >= 4 is 17.9 Å². The summed E-state index contributed by atoms with van der Waals surface area (Å²) in [6.45, 7) is 6.62. The highest BCUT2D eigenvalue weighted by molar-refractivity contribution is 5.71. The van der Waals surface area contributed by atoms with Gasteiger partial charge in [-0.3, -0.25) is 14.4 Å². The van der Waals surface area contributed by atoms with Crippen LogP contribution in [0.3, 0.4) is 0 Å². The van der Waals surface area contributed by atoms with Crippen molar-refractivity contribution in [2.24, 2.45) is 0 Å². The molecule has 0 aliphatic carbocycles. The van der Waals surface area contributed by atoms with E-state index in [0.29, 0.717) is 19.3 Å². The normalized spacial score (nSPS) is 11.9. The Kier molecular flexibility index (Phi) is 51.7. The Morgan fingerprint density at radius 3 is 0.635 bits per heavy atom. The van der Waals surface area contributed by atoms with Crippen LogP contribution in [0.15, 0.2) is 0 Å². The van der Waals surface area contributed by atoms with Crippen LogP contribution in [0.4, 0.5) is 0 Å². The van der Waals surface area contributed by atoms with Crippen molar-refractivity contribution in [3.8, 4) is 0 Å². The second-order valence-electron chi connectivity index (χ2n) is 19.6. The van der Waals surface area contributed by atoms with Gasteiger partial charge in [-0.15, -0.1) is 0 Å². The van der Waals surface area contributed by atoms with E-state index in [1.165, 1.54) is 225 Å². The zero-order valence-corrected chi connectivity index (χ0v) is 42.9. The molecule has 0 saturated carbocycles. The number of hydrogen-bond acceptors (Lipinski definition) is 6. The van der Waals surface area contributed by atoms with E-state index < -0.39 is 6.10 Å². The summed E-state index contributed by atoms with van der Waals surface area (Å²) in [5, 5.41) is 0. The zero-order valence-electron chi connectivity index (χ0n) is 42.9. The van der Waals surface area contributed by atoms with E-state index in [1.807, 2.05) is 0 Å². The van der Waals surface area contributed by atoms with E-state index in [-0.39, 0.29) is 31.1 Å². The first-order valence-electron chi connectivity index (χ1n) is 28.5. The van der Waals surface area contributed by atoms with Crippen molar-refractivity contribution in [3.05, 3.63) is 0 Å². The minimum absolute atomic E-state index is 0.0627. The van der Waals surface area contributed by atoms with Gasteiger partial charge in [-0.25, -0.2) is 0 Å². The summed E-state index contributed by atoms with van der Waals surface area (Å²) in [6.07, 6.45) is 58.6. The third kappa shape index (κ3) is 51.3. The Hall–Kier alpha value is -1.59. The average molecular weight is 892 g/mol. The van der Waals surface area contributed by atoms with Crippen molar-refractivity contribution in [1.29, 1.82) is 0 Å². The van der Waals surface area contributed by atoms with Gasteiger partial charge >= 0.3 is 17.9 Å². The highest BCUT2D eigenvalue weighted by Crippen LogP contribution is 2.18. The van der Waals surface area contributed by atoms with Crippen LogP contribution in [0.5, 0.6) is 0 Å². The second kappa shape index (κ2) is 53.0. The monoisotopic (exact) mass is 891 g/mol. The third-order valence-electron chi connectivity index (χ3n) is 13.1. The molecular formula is C57H110O6. The summed E-state index contributed by atoms with van der Waals surface area (Å²) in [7, 11) is 0. The van der Waals surface area contributed by atoms with Crippen molar-refractivity contribution in [2.75, 3.05) is 13.2 Å². The maximum atomic E-state index is 12.8. The zero-order chi connectivity index (χ0) is 45.8. The molecule has 0 fully saturated rings. The highest BCUT2D eigenvalue weighted by Gasteiger charge is 2.19. The Labute approximate surface area is 393 Å². The van der Waals surface area contributed by atoms with Crippen LogP contribution in [0, 0.1) is 0 Å². The molecule has 0 amide bonds. The van der Waals surface area contributed by atoms with Crippen molar-refractivity contribution in [1.82, 2.24) is 0 Å². The maximum Gasteiger partial charge on any atom is 0.306 e. The van der Waals surface area contributed by atoms with E-state index in [2.05, 4.69) is 20.8 Å². The molecule has 0 aromatic heterocycles. The van der Waals surface area contributed by atoms with E-state index in [9.17, 15) is 14.4 Å². The molecule has 374 valence electrons. The minimum atomic E-state index is -0.759. The molecular weight excluding hydrogens is 781 g/mol. The van der Waals surface area contributed by atoms with E-state index in [0.717, 1.165) is 64.2 Å². The first-order valence-corrected chi connectivity index (χ1v) is 28.5. The molecule has 0 aromatic carbocycles. The number of carbonyl (C=O) groups excluding carboxylic acids is 3. The molecule has 0 bridgehead atoms. The number of carbonyl (C=O) groups is 3. The minimum Gasteiger partial charge on any atom is -0.462 e. The Morgan fingerprint density at radius 1 is 0.254 bits per heavy atom. The fourth-order valence-corrected chi connectivity index (χ4v) is 8.80. The average Bonchev–Trinajstić information content (AvgIpc) is 3.28. The number of unbranched alkanes of at least 4 members (excludes halogenated alkanes) is 42. The lowest BCUT2D eigenvalue weighted by Gasteiger charge is -2.18. The summed E-state index contributed by atoms with van der Waals surface area (Å²) in [5.74, 6) is -0.852. The molecule has 0 aliphatic rings. The summed E-state index contributed by atoms with van der Waals surface area (Å²) in [4.78, 5) is 37.8. The van der Waals surface area contributed by atoms with Gasteiger partial charge < -0.3 is 14.2 Å². The summed E-state index contributed by atoms with van der Waals surface area (Å²) < 4.78 is 16.7. The Morgan fingerprint density at radius 2 is 0.429 bits per heavy atom. The lowest BCUT2D eigenvalue weighted by Crippen LogP contribution is -2.30. The molecule has 6 nitrogen and oxygen atoms in total. The number of hydrogen-bond donors (Lipinski definition) is 0. The SMILES string of the molecule is CCCCCCCCCCCCCCCCCCCCCCC(=O)OCC(COC(=O)CCCCCCC)OC(=O)CCCCCCCCCCCCCCCCCCCCCC. The van der Waals surface area contributed by atoms with E-state index in [4.69, 9.17) is 14.2 Å². The van der Waals surface area contributed by atoms with Gasteiger partial charge in [0.1, 0.15) is 13.2 Å². The van der Waals surface area contributed by atoms with Gasteiger partial charge in [0, 0.05) is 19.3 Å². The predicted molar refractivity (Wildman–Crippen MR) is 270 cm³/mol. The van der Waals surface area contributed by atoms with Gasteiger partial charge in [0.25, 0.3) is 0 Å². The molecule has 1 unspecified atom stereocenters. The molecule has 0 aromatic rings. The van der Waals surface area contributed by atoms with Crippen LogP contribution in [-0.2, 0) is 28.6 Å².